The summed E-state index contributed by atoms with van der Waals surface area (Å²) >= 11 is 0. The number of pyridine rings is 2. The predicted molar refractivity (Wildman–Crippen MR) is 96.0 cm³/mol. The monoisotopic (exact) mass is 390 g/mol. The number of aromatic nitrogens is 4. The Hall–Kier alpha value is -3.14. The van der Waals surface area contributed by atoms with Crippen LogP contribution >= 0.6 is 0 Å². The molecule has 3 N–H and O–H groups in total. The molecule has 28 heavy (non-hydrogen) atoms. The van der Waals surface area contributed by atoms with Crippen LogP contribution in [0.3, 0.4) is 0 Å². The molecule has 0 aliphatic carbocycles. The van der Waals surface area contributed by atoms with Crippen LogP contribution in [0.15, 0.2) is 36.8 Å². The number of nitrogens with two attached hydrogens (primary N) is 1. The summed E-state index contributed by atoms with van der Waals surface area (Å²) in [6.07, 6.45) is -1.18. The fraction of sp³-hybridized carbons (Fsp3) is 0.278. The van der Waals surface area contributed by atoms with E-state index in [4.69, 9.17) is 5.73 Å². The number of nitrogen functional groups attached to an aromatic ring is 1. The summed E-state index contributed by atoms with van der Waals surface area (Å²) in [5.74, 6) is 0.402. The van der Waals surface area contributed by atoms with E-state index in [9.17, 15) is 18.3 Å². The highest BCUT2D eigenvalue weighted by atomic mass is 19.4. The molecule has 10 heteroatoms. The Morgan fingerprint density at radius 1 is 1.29 bits per heavy atom. The van der Waals surface area contributed by atoms with Gasteiger partial charge in [-0.1, -0.05) is 0 Å². The van der Waals surface area contributed by atoms with E-state index < -0.39 is 18.9 Å². The molecular weight excluding hydrogens is 373 g/mol. The Morgan fingerprint density at radius 2 is 2.07 bits per heavy atom. The number of aryl methyl sites for hydroxylation is 1. The molecule has 0 bridgehead atoms. The zero-order valence-electron chi connectivity index (χ0n) is 14.9. The maximum absolute atomic E-state index is 12.6. The van der Waals surface area contributed by atoms with Crippen molar-refractivity contribution in [3.8, 4) is 11.3 Å². The molecule has 4 heterocycles. The molecule has 1 unspecified atom stereocenters. The number of rotatable bonds is 3. The lowest BCUT2D eigenvalue weighted by Gasteiger charge is -2.21. The number of hydrogen-bond acceptors (Lipinski definition) is 6. The summed E-state index contributed by atoms with van der Waals surface area (Å²) < 4.78 is 38.5. The second kappa shape index (κ2) is 6.48. The fourth-order valence-electron chi connectivity index (χ4n) is 3.33. The van der Waals surface area contributed by atoms with Gasteiger partial charge in [-0.3, -0.25) is 9.67 Å². The summed E-state index contributed by atoms with van der Waals surface area (Å²) in [5.41, 5.74) is 9.61. The molecule has 0 saturated carbocycles. The highest BCUT2D eigenvalue weighted by molar-refractivity contribution is 5.63. The van der Waals surface area contributed by atoms with Gasteiger partial charge in [-0.25, -0.2) is 4.98 Å². The molecule has 3 aromatic heterocycles. The van der Waals surface area contributed by atoms with Crippen LogP contribution in [0.1, 0.15) is 23.0 Å². The van der Waals surface area contributed by atoms with Gasteiger partial charge in [0.15, 0.2) is 6.23 Å². The summed E-state index contributed by atoms with van der Waals surface area (Å²) in [4.78, 5) is 10.2. The van der Waals surface area contributed by atoms with Gasteiger partial charge < -0.3 is 15.7 Å². The van der Waals surface area contributed by atoms with Gasteiger partial charge in [0, 0.05) is 23.5 Å². The Labute approximate surface area is 158 Å². The van der Waals surface area contributed by atoms with Crippen molar-refractivity contribution in [3.05, 3.63) is 53.6 Å². The van der Waals surface area contributed by atoms with Crippen LogP contribution in [0, 0.1) is 6.92 Å². The van der Waals surface area contributed by atoms with Crippen molar-refractivity contribution in [1.29, 1.82) is 0 Å². The molecule has 1 atom stereocenters. The van der Waals surface area contributed by atoms with E-state index in [2.05, 4.69) is 15.1 Å². The summed E-state index contributed by atoms with van der Waals surface area (Å²) in [6.45, 7) is 0.926. The molecule has 4 rings (SSSR count). The van der Waals surface area contributed by atoms with E-state index in [-0.39, 0.29) is 6.54 Å². The first-order valence-corrected chi connectivity index (χ1v) is 8.47. The molecule has 7 nitrogen and oxygen atoms in total. The van der Waals surface area contributed by atoms with Crippen LogP contribution in [0.5, 0.6) is 0 Å². The van der Waals surface area contributed by atoms with Gasteiger partial charge in [0.1, 0.15) is 12.4 Å². The van der Waals surface area contributed by atoms with Gasteiger partial charge in [-0.15, -0.1) is 0 Å². The molecule has 0 spiro atoms. The largest absolute Gasteiger partial charge is 0.408 e. The topological polar surface area (TPSA) is 93.1 Å². The zero-order chi connectivity index (χ0) is 20.1. The highest BCUT2D eigenvalue weighted by Crippen LogP contribution is 2.38. The van der Waals surface area contributed by atoms with Crippen molar-refractivity contribution in [1.82, 2.24) is 19.7 Å². The average Bonchev–Trinajstić information content (AvgIpc) is 3.18. The number of nitrogens with zero attached hydrogens (tertiary/aromatic N) is 5. The SMILES string of the molecule is Cc1cc(-c2ccc(N)nc2)nc2c1C(O)N(c1cnn(CC(F)(F)F)c1)C2. The fourth-order valence-corrected chi connectivity index (χ4v) is 3.33. The van der Waals surface area contributed by atoms with E-state index in [1.165, 1.54) is 12.4 Å². The van der Waals surface area contributed by atoms with Crippen molar-refractivity contribution in [3.63, 3.8) is 0 Å². The standard InChI is InChI=1S/C18H17F3N6O/c1-10-4-13(11-2-3-15(22)23-5-11)25-14-8-27(17(28)16(10)14)12-6-24-26(7-12)9-18(19,20)21/h2-7,17,28H,8-9H2,1H3,(H2,22,23). The molecule has 3 aromatic rings. The van der Waals surface area contributed by atoms with Crippen LogP contribution in [0.4, 0.5) is 24.7 Å². The van der Waals surface area contributed by atoms with E-state index in [1.54, 1.807) is 23.2 Å². The Morgan fingerprint density at radius 3 is 2.75 bits per heavy atom. The molecular formula is C18H17F3N6O. The first-order valence-electron chi connectivity index (χ1n) is 8.47. The minimum absolute atomic E-state index is 0.255. The van der Waals surface area contributed by atoms with Gasteiger partial charge in [0.25, 0.3) is 0 Å². The number of anilines is 2. The Balaban J connectivity index is 1.64. The Bertz CT molecular complexity index is 1020. The van der Waals surface area contributed by atoms with Gasteiger partial charge in [0.2, 0.25) is 0 Å². The van der Waals surface area contributed by atoms with E-state index in [0.29, 0.717) is 28.5 Å². The normalized spacial score (nSPS) is 16.5. The van der Waals surface area contributed by atoms with Crippen LogP contribution in [0.25, 0.3) is 11.3 Å². The summed E-state index contributed by atoms with van der Waals surface area (Å²) in [6, 6.07) is 5.32. The zero-order valence-corrected chi connectivity index (χ0v) is 14.9. The van der Waals surface area contributed by atoms with Crippen molar-refractivity contribution >= 4 is 11.5 Å². The minimum Gasteiger partial charge on any atom is -0.384 e. The third kappa shape index (κ3) is 3.38. The predicted octanol–water partition coefficient (Wildman–Crippen LogP) is 2.80. The van der Waals surface area contributed by atoms with E-state index >= 15 is 0 Å². The third-order valence-corrected chi connectivity index (χ3v) is 4.59. The second-order valence-corrected chi connectivity index (χ2v) is 6.67. The first-order chi connectivity index (χ1) is 13.2. The lowest BCUT2D eigenvalue weighted by Crippen LogP contribution is -2.21. The van der Waals surface area contributed by atoms with Gasteiger partial charge >= 0.3 is 6.18 Å². The van der Waals surface area contributed by atoms with Crippen LogP contribution in [-0.2, 0) is 13.1 Å². The third-order valence-electron chi connectivity index (χ3n) is 4.59. The lowest BCUT2D eigenvalue weighted by atomic mass is 10.0. The van der Waals surface area contributed by atoms with Crippen molar-refractivity contribution in [2.24, 2.45) is 0 Å². The van der Waals surface area contributed by atoms with Crippen molar-refractivity contribution in [2.75, 3.05) is 10.6 Å². The van der Waals surface area contributed by atoms with Crippen molar-refractivity contribution < 1.29 is 18.3 Å². The van der Waals surface area contributed by atoms with Crippen LogP contribution < -0.4 is 10.6 Å². The van der Waals surface area contributed by atoms with Gasteiger partial charge in [0.05, 0.1) is 29.8 Å². The highest BCUT2D eigenvalue weighted by Gasteiger charge is 2.34. The molecule has 0 saturated heterocycles. The summed E-state index contributed by atoms with van der Waals surface area (Å²) in [7, 11) is 0. The maximum atomic E-state index is 12.6. The first kappa shape index (κ1) is 18.2. The molecule has 0 aromatic carbocycles. The second-order valence-electron chi connectivity index (χ2n) is 6.67. The molecule has 0 amide bonds. The molecule has 1 aliphatic rings. The summed E-state index contributed by atoms with van der Waals surface area (Å²) in [5, 5.41) is 14.5. The number of aliphatic hydroxyl groups is 1. The smallest absolute Gasteiger partial charge is 0.384 e. The number of hydrogen-bond donors (Lipinski definition) is 2. The molecule has 0 fully saturated rings. The maximum Gasteiger partial charge on any atom is 0.408 e. The van der Waals surface area contributed by atoms with Crippen molar-refractivity contribution in [2.45, 2.75) is 32.4 Å². The number of alkyl halides is 3. The number of aliphatic hydroxyl groups excluding tert-OH is 1. The van der Waals surface area contributed by atoms with E-state index in [0.717, 1.165) is 15.8 Å². The average molecular weight is 390 g/mol. The van der Waals surface area contributed by atoms with Crippen LogP contribution in [0.2, 0.25) is 0 Å². The number of halogens is 3. The van der Waals surface area contributed by atoms with Gasteiger partial charge in [-0.05, 0) is 30.7 Å². The Kier molecular flexibility index (Phi) is 4.22. The lowest BCUT2D eigenvalue weighted by molar-refractivity contribution is -0.142. The molecule has 146 valence electrons. The molecule has 0 radical (unpaired) electrons. The van der Waals surface area contributed by atoms with Crippen LogP contribution in [-0.4, -0.2) is 31.0 Å². The quantitative estimate of drug-likeness (QED) is 0.714. The van der Waals surface area contributed by atoms with Gasteiger partial charge in [-0.2, -0.15) is 18.3 Å². The minimum atomic E-state index is -4.37. The van der Waals surface area contributed by atoms with E-state index in [1.807, 2.05) is 13.0 Å². The molecule has 1 aliphatic heterocycles. The number of fused-ring (bicyclic) bond motifs is 1.